The minimum absolute atomic E-state index is 0.213. The first-order valence-corrected chi connectivity index (χ1v) is 8.11. The van der Waals surface area contributed by atoms with Crippen molar-refractivity contribution >= 4 is 11.9 Å². The number of carbonyl (C=O) groups excluding carboxylic acids is 2. The number of methoxy groups -OCH3 is 1. The summed E-state index contributed by atoms with van der Waals surface area (Å²) in [5.74, 6) is 0.539. The van der Waals surface area contributed by atoms with E-state index in [1.165, 1.54) is 0 Å². The molecule has 126 valence electrons. The summed E-state index contributed by atoms with van der Waals surface area (Å²) in [5.41, 5.74) is 1.09. The summed E-state index contributed by atoms with van der Waals surface area (Å²) in [6.07, 6.45) is 4.30. The maximum Gasteiger partial charge on any atom is 0.321 e. The summed E-state index contributed by atoms with van der Waals surface area (Å²) >= 11 is 0. The molecule has 1 unspecified atom stereocenters. The second-order valence-electron chi connectivity index (χ2n) is 6.17. The second-order valence-corrected chi connectivity index (χ2v) is 6.17. The lowest BCUT2D eigenvalue weighted by Gasteiger charge is -2.15. The lowest BCUT2D eigenvalue weighted by molar-refractivity contribution is -0.885. The SMILES string of the molecule is COc1cccc(C[NH+](C)CC(=O)NC(=O)NC2CCCC2)c1. The van der Waals surface area contributed by atoms with Crippen LogP contribution in [0.4, 0.5) is 4.79 Å². The zero-order valence-corrected chi connectivity index (χ0v) is 13.9. The molecular weight excluding hydrogens is 294 g/mol. The number of ether oxygens (including phenoxy) is 1. The highest BCUT2D eigenvalue weighted by Gasteiger charge is 2.19. The maximum absolute atomic E-state index is 11.9. The first-order valence-electron chi connectivity index (χ1n) is 8.11. The van der Waals surface area contributed by atoms with Crippen LogP contribution >= 0.6 is 0 Å². The van der Waals surface area contributed by atoms with E-state index in [0.717, 1.165) is 41.9 Å². The van der Waals surface area contributed by atoms with Gasteiger partial charge in [-0.2, -0.15) is 0 Å². The van der Waals surface area contributed by atoms with E-state index in [9.17, 15) is 9.59 Å². The molecule has 0 heterocycles. The van der Waals surface area contributed by atoms with Gasteiger partial charge in [-0.3, -0.25) is 10.1 Å². The van der Waals surface area contributed by atoms with Crippen molar-refractivity contribution in [3.63, 3.8) is 0 Å². The third-order valence-corrected chi connectivity index (χ3v) is 4.05. The Morgan fingerprint density at radius 1 is 1.30 bits per heavy atom. The van der Waals surface area contributed by atoms with E-state index in [1.807, 2.05) is 31.3 Å². The lowest BCUT2D eigenvalue weighted by Crippen LogP contribution is -3.09. The Labute approximate surface area is 137 Å². The molecule has 0 aromatic heterocycles. The Morgan fingerprint density at radius 3 is 2.74 bits per heavy atom. The van der Waals surface area contributed by atoms with Crippen LogP contribution in [0.25, 0.3) is 0 Å². The van der Waals surface area contributed by atoms with Crippen LogP contribution in [0, 0.1) is 0 Å². The van der Waals surface area contributed by atoms with Crippen molar-refractivity contribution in [1.82, 2.24) is 10.6 Å². The summed E-state index contributed by atoms with van der Waals surface area (Å²) in [6, 6.07) is 7.60. The normalized spacial score (nSPS) is 15.9. The molecule has 1 aromatic rings. The number of amides is 3. The minimum atomic E-state index is -0.379. The standard InChI is InChI=1S/C17H25N3O3/c1-20(11-13-6-5-9-15(10-13)23-2)12-16(21)19-17(22)18-14-7-3-4-8-14/h5-6,9-10,14H,3-4,7-8,11-12H2,1-2H3,(H2,18,19,21,22)/p+1. The second kappa shape index (κ2) is 8.53. The molecule has 3 N–H and O–H groups in total. The lowest BCUT2D eigenvalue weighted by atomic mass is 10.2. The quantitative estimate of drug-likeness (QED) is 0.714. The first kappa shape index (κ1) is 17.3. The first-order chi connectivity index (χ1) is 11.1. The van der Waals surface area contributed by atoms with E-state index < -0.39 is 0 Å². The van der Waals surface area contributed by atoms with Gasteiger partial charge in [0, 0.05) is 11.6 Å². The topological polar surface area (TPSA) is 71.9 Å². The number of carbonyl (C=O) groups is 2. The predicted octanol–water partition coefficient (Wildman–Crippen LogP) is 0.478. The van der Waals surface area contributed by atoms with Crippen molar-refractivity contribution < 1.29 is 19.2 Å². The van der Waals surface area contributed by atoms with Crippen LogP contribution < -0.4 is 20.3 Å². The number of hydrogen-bond acceptors (Lipinski definition) is 3. The summed E-state index contributed by atoms with van der Waals surface area (Å²) in [5, 5.41) is 5.26. The highest BCUT2D eigenvalue weighted by molar-refractivity contribution is 5.94. The highest BCUT2D eigenvalue weighted by Crippen LogP contribution is 2.17. The fourth-order valence-electron chi connectivity index (χ4n) is 2.93. The van der Waals surface area contributed by atoms with E-state index in [1.54, 1.807) is 7.11 Å². The van der Waals surface area contributed by atoms with Crippen LogP contribution in [0.5, 0.6) is 5.75 Å². The van der Waals surface area contributed by atoms with E-state index in [2.05, 4.69) is 10.6 Å². The largest absolute Gasteiger partial charge is 0.497 e. The Bertz CT molecular complexity index is 542. The van der Waals surface area contributed by atoms with Gasteiger partial charge in [0.2, 0.25) is 0 Å². The average molecular weight is 320 g/mol. The van der Waals surface area contributed by atoms with Crippen molar-refractivity contribution in [3.8, 4) is 5.75 Å². The number of hydrogen-bond donors (Lipinski definition) is 3. The number of quaternary nitrogens is 1. The number of likely N-dealkylation sites (N-methyl/N-ethyl adjacent to an activating group) is 1. The third kappa shape index (κ3) is 5.90. The van der Waals surface area contributed by atoms with Crippen LogP contribution in [0.2, 0.25) is 0 Å². The van der Waals surface area contributed by atoms with Crippen LogP contribution in [-0.4, -0.2) is 38.7 Å². The monoisotopic (exact) mass is 320 g/mol. The Hall–Kier alpha value is -2.08. The Balaban J connectivity index is 1.74. The Kier molecular flexibility index (Phi) is 6.40. The minimum Gasteiger partial charge on any atom is -0.497 e. The molecule has 3 amide bonds. The van der Waals surface area contributed by atoms with E-state index >= 15 is 0 Å². The molecule has 0 spiro atoms. The molecule has 0 bridgehead atoms. The number of imide groups is 1. The molecule has 0 aliphatic heterocycles. The van der Waals surface area contributed by atoms with Gasteiger partial charge in [-0.05, 0) is 25.0 Å². The number of rotatable bonds is 6. The number of urea groups is 1. The molecule has 0 radical (unpaired) electrons. The molecule has 1 fully saturated rings. The molecule has 2 rings (SSSR count). The molecule has 1 atom stereocenters. The summed E-state index contributed by atoms with van der Waals surface area (Å²) in [7, 11) is 3.56. The van der Waals surface area contributed by atoms with Gasteiger partial charge < -0.3 is 15.0 Å². The van der Waals surface area contributed by atoms with Gasteiger partial charge in [0.1, 0.15) is 12.3 Å². The van der Waals surface area contributed by atoms with Crippen molar-refractivity contribution in [2.24, 2.45) is 0 Å². The number of nitrogens with one attached hydrogen (secondary N) is 3. The van der Waals surface area contributed by atoms with Gasteiger partial charge in [0.25, 0.3) is 5.91 Å². The molecular formula is C17H26N3O3+. The zero-order valence-electron chi connectivity index (χ0n) is 13.9. The fourth-order valence-corrected chi connectivity index (χ4v) is 2.93. The van der Waals surface area contributed by atoms with Crippen molar-refractivity contribution in [3.05, 3.63) is 29.8 Å². The zero-order chi connectivity index (χ0) is 16.7. The molecule has 1 aliphatic rings. The van der Waals surface area contributed by atoms with Crippen LogP contribution in [-0.2, 0) is 11.3 Å². The summed E-state index contributed by atoms with van der Waals surface area (Å²) in [4.78, 5) is 24.7. The fraction of sp³-hybridized carbons (Fsp3) is 0.529. The van der Waals surface area contributed by atoms with E-state index in [0.29, 0.717) is 6.54 Å². The third-order valence-electron chi connectivity index (χ3n) is 4.05. The van der Waals surface area contributed by atoms with Gasteiger partial charge >= 0.3 is 6.03 Å². The Morgan fingerprint density at radius 2 is 2.04 bits per heavy atom. The van der Waals surface area contributed by atoms with Crippen LogP contribution in [0.15, 0.2) is 24.3 Å². The summed E-state index contributed by atoms with van der Waals surface area (Å²) in [6.45, 7) is 0.935. The molecule has 23 heavy (non-hydrogen) atoms. The predicted molar refractivity (Wildman–Crippen MR) is 87.4 cm³/mol. The van der Waals surface area contributed by atoms with Crippen molar-refractivity contribution in [2.45, 2.75) is 38.3 Å². The van der Waals surface area contributed by atoms with Gasteiger partial charge in [-0.25, -0.2) is 4.79 Å². The van der Waals surface area contributed by atoms with Crippen LogP contribution in [0.1, 0.15) is 31.2 Å². The molecule has 1 aliphatic carbocycles. The molecule has 0 saturated heterocycles. The molecule has 6 heteroatoms. The van der Waals surface area contributed by atoms with E-state index in [-0.39, 0.29) is 24.5 Å². The van der Waals surface area contributed by atoms with Gasteiger partial charge in [0.05, 0.1) is 14.2 Å². The number of benzene rings is 1. The molecule has 1 saturated carbocycles. The average Bonchev–Trinajstić information content (AvgIpc) is 2.99. The van der Waals surface area contributed by atoms with Gasteiger partial charge in [-0.1, -0.05) is 25.0 Å². The molecule has 6 nitrogen and oxygen atoms in total. The summed E-state index contributed by atoms with van der Waals surface area (Å²) < 4.78 is 5.19. The van der Waals surface area contributed by atoms with Crippen LogP contribution in [0.3, 0.4) is 0 Å². The smallest absolute Gasteiger partial charge is 0.321 e. The van der Waals surface area contributed by atoms with Crippen molar-refractivity contribution in [2.75, 3.05) is 20.7 Å². The van der Waals surface area contributed by atoms with Crippen molar-refractivity contribution in [1.29, 1.82) is 0 Å². The van der Waals surface area contributed by atoms with E-state index in [4.69, 9.17) is 4.74 Å². The van der Waals surface area contributed by atoms with Gasteiger partial charge in [-0.15, -0.1) is 0 Å². The maximum atomic E-state index is 11.9. The molecule has 1 aromatic carbocycles. The highest BCUT2D eigenvalue weighted by atomic mass is 16.5. The van der Waals surface area contributed by atoms with Gasteiger partial charge in [0.15, 0.2) is 6.54 Å².